The largest absolute Gasteiger partial charge is 0.427 e. The zero-order chi connectivity index (χ0) is 12.9. The number of thiazole rings is 1. The van der Waals surface area contributed by atoms with Crippen LogP contribution in [0.1, 0.15) is 4.88 Å². The van der Waals surface area contributed by atoms with Crippen molar-refractivity contribution < 1.29 is 18.0 Å². The van der Waals surface area contributed by atoms with Crippen LogP contribution < -0.4 is 10.6 Å². The van der Waals surface area contributed by atoms with Crippen LogP contribution >= 0.6 is 11.3 Å². The van der Waals surface area contributed by atoms with Gasteiger partial charge in [-0.15, -0.1) is 6.42 Å². The molecule has 0 bridgehead atoms. The van der Waals surface area contributed by atoms with E-state index >= 15 is 0 Å². The Bertz CT molecular complexity index is 435. The number of hydrogen-bond donors (Lipinski definition) is 2. The van der Waals surface area contributed by atoms with Gasteiger partial charge >= 0.3 is 6.18 Å². The average molecular weight is 263 g/mol. The SMILES string of the molecule is C#CCNC(=O)CNc1ncc(C(F)(F)F)s1. The first-order chi connectivity index (χ1) is 7.93. The molecular formula is C9H8F3N3OS. The van der Waals surface area contributed by atoms with Gasteiger partial charge in [-0.2, -0.15) is 13.2 Å². The first kappa shape index (κ1) is 13.3. The maximum absolute atomic E-state index is 12.2. The van der Waals surface area contributed by atoms with Gasteiger partial charge in [0.2, 0.25) is 5.91 Å². The van der Waals surface area contributed by atoms with E-state index in [4.69, 9.17) is 6.42 Å². The van der Waals surface area contributed by atoms with Gasteiger partial charge in [-0.25, -0.2) is 4.98 Å². The maximum atomic E-state index is 12.2. The Kier molecular flexibility index (Phi) is 4.34. The van der Waals surface area contributed by atoms with Gasteiger partial charge in [-0.05, 0) is 0 Å². The van der Waals surface area contributed by atoms with Crippen molar-refractivity contribution in [2.45, 2.75) is 6.18 Å². The summed E-state index contributed by atoms with van der Waals surface area (Å²) in [5, 5.41) is 4.86. The number of halogens is 3. The lowest BCUT2D eigenvalue weighted by atomic mass is 10.5. The van der Waals surface area contributed by atoms with E-state index in [2.05, 4.69) is 21.5 Å². The molecule has 1 rings (SSSR count). The van der Waals surface area contributed by atoms with Crippen molar-refractivity contribution >= 4 is 22.4 Å². The number of nitrogens with zero attached hydrogens (tertiary/aromatic N) is 1. The van der Waals surface area contributed by atoms with Gasteiger partial charge in [0.05, 0.1) is 19.3 Å². The molecule has 1 aromatic rings. The van der Waals surface area contributed by atoms with Crippen molar-refractivity contribution in [2.24, 2.45) is 0 Å². The van der Waals surface area contributed by atoms with Gasteiger partial charge in [0, 0.05) is 0 Å². The molecule has 1 heterocycles. The van der Waals surface area contributed by atoms with Crippen LogP contribution in [0, 0.1) is 12.3 Å². The molecule has 0 unspecified atom stereocenters. The first-order valence-corrected chi connectivity index (χ1v) is 5.22. The Morgan fingerprint density at radius 3 is 2.82 bits per heavy atom. The fourth-order valence-corrected chi connectivity index (χ4v) is 1.53. The summed E-state index contributed by atoms with van der Waals surface area (Å²) >= 11 is 0.438. The molecule has 4 nitrogen and oxygen atoms in total. The van der Waals surface area contributed by atoms with E-state index in [1.165, 1.54) is 0 Å². The molecule has 1 aromatic heterocycles. The van der Waals surface area contributed by atoms with Crippen molar-refractivity contribution in [3.05, 3.63) is 11.1 Å². The standard InChI is InChI=1S/C9H8F3N3OS/c1-2-3-13-7(16)5-15-8-14-4-6(17-8)9(10,11)12/h1,4H,3,5H2,(H,13,16)(H,14,15). The Labute approximate surface area is 99.2 Å². The number of terminal acetylenes is 1. The number of carbonyl (C=O) groups excluding carboxylic acids is 1. The Hall–Kier alpha value is -1.75. The molecule has 0 atom stereocenters. The van der Waals surface area contributed by atoms with Crippen LogP contribution in [0.15, 0.2) is 6.20 Å². The molecule has 2 N–H and O–H groups in total. The van der Waals surface area contributed by atoms with Gasteiger partial charge in [-0.3, -0.25) is 4.79 Å². The lowest BCUT2D eigenvalue weighted by Gasteiger charge is -2.02. The van der Waals surface area contributed by atoms with Gasteiger partial charge in [0.1, 0.15) is 4.88 Å². The third kappa shape index (κ3) is 4.32. The van der Waals surface area contributed by atoms with Crippen LogP contribution in [0.5, 0.6) is 0 Å². The van der Waals surface area contributed by atoms with Crippen LogP contribution in [0.4, 0.5) is 18.3 Å². The van der Waals surface area contributed by atoms with Crippen LogP contribution in [0.2, 0.25) is 0 Å². The first-order valence-electron chi connectivity index (χ1n) is 4.40. The van der Waals surface area contributed by atoms with Gasteiger partial charge in [0.15, 0.2) is 5.13 Å². The van der Waals surface area contributed by atoms with Crippen molar-refractivity contribution in [1.29, 1.82) is 0 Å². The summed E-state index contributed by atoms with van der Waals surface area (Å²) in [5.41, 5.74) is 0. The lowest BCUT2D eigenvalue weighted by molar-refractivity contribution is -0.134. The monoisotopic (exact) mass is 263 g/mol. The summed E-state index contributed by atoms with van der Waals surface area (Å²) in [5.74, 6) is 1.79. The molecule has 17 heavy (non-hydrogen) atoms. The Morgan fingerprint density at radius 2 is 2.29 bits per heavy atom. The minimum absolute atomic E-state index is 0.0354. The second-order valence-corrected chi connectivity index (χ2v) is 3.89. The highest BCUT2D eigenvalue weighted by Gasteiger charge is 2.33. The molecule has 0 radical (unpaired) electrons. The van der Waals surface area contributed by atoms with Crippen LogP contribution in [-0.4, -0.2) is 24.0 Å². The maximum Gasteiger partial charge on any atom is 0.427 e. The molecule has 8 heteroatoms. The number of aromatic nitrogens is 1. The Morgan fingerprint density at radius 1 is 1.59 bits per heavy atom. The highest BCUT2D eigenvalue weighted by molar-refractivity contribution is 7.15. The number of rotatable bonds is 4. The van der Waals surface area contributed by atoms with E-state index in [-0.39, 0.29) is 18.2 Å². The second kappa shape index (κ2) is 5.54. The van der Waals surface area contributed by atoms with E-state index in [0.29, 0.717) is 17.5 Å². The van der Waals surface area contributed by atoms with Crippen molar-refractivity contribution in [2.75, 3.05) is 18.4 Å². The lowest BCUT2D eigenvalue weighted by Crippen LogP contribution is -2.29. The minimum Gasteiger partial charge on any atom is -0.352 e. The summed E-state index contributed by atoms with van der Waals surface area (Å²) < 4.78 is 36.6. The molecular weight excluding hydrogens is 255 g/mol. The number of amides is 1. The van der Waals surface area contributed by atoms with Crippen LogP contribution in [0.3, 0.4) is 0 Å². The molecule has 0 saturated carbocycles. The highest BCUT2D eigenvalue weighted by Crippen LogP contribution is 2.34. The van der Waals surface area contributed by atoms with Gasteiger partial charge in [0.25, 0.3) is 0 Å². The topological polar surface area (TPSA) is 54.0 Å². The van der Waals surface area contributed by atoms with E-state index in [9.17, 15) is 18.0 Å². The van der Waals surface area contributed by atoms with Gasteiger partial charge < -0.3 is 10.6 Å². The minimum atomic E-state index is -4.41. The van der Waals surface area contributed by atoms with E-state index in [0.717, 1.165) is 0 Å². The smallest absolute Gasteiger partial charge is 0.352 e. The van der Waals surface area contributed by atoms with E-state index in [1.807, 2.05) is 0 Å². The molecule has 0 aromatic carbocycles. The zero-order valence-electron chi connectivity index (χ0n) is 8.47. The summed E-state index contributed by atoms with van der Waals surface area (Å²) in [6.07, 6.45) is 1.22. The Balaban J connectivity index is 2.46. The fraction of sp³-hybridized carbons (Fsp3) is 0.333. The molecule has 0 aliphatic rings. The molecule has 1 amide bonds. The quantitative estimate of drug-likeness (QED) is 0.806. The highest BCUT2D eigenvalue weighted by atomic mass is 32.1. The van der Waals surface area contributed by atoms with Crippen molar-refractivity contribution in [3.63, 3.8) is 0 Å². The van der Waals surface area contributed by atoms with Gasteiger partial charge in [-0.1, -0.05) is 17.3 Å². The predicted molar refractivity (Wildman–Crippen MR) is 57.4 cm³/mol. The summed E-state index contributed by atoms with van der Waals surface area (Å²) in [6.45, 7) is -0.0985. The number of anilines is 1. The summed E-state index contributed by atoms with van der Waals surface area (Å²) in [4.78, 5) is 13.8. The van der Waals surface area contributed by atoms with Crippen molar-refractivity contribution in [3.8, 4) is 12.3 Å². The predicted octanol–water partition coefficient (Wildman–Crippen LogP) is 1.32. The third-order valence-electron chi connectivity index (χ3n) is 1.57. The average Bonchev–Trinajstić information content (AvgIpc) is 2.71. The fourth-order valence-electron chi connectivity index (χ4n) is 0.855. The molecule has 0 fully saturated rings. The normalized spacial score (nSPS) is 10.7. The molecule has 0 aliphatic carbocycles. The number of alkyl halides is 3. The molecule has 0 aliphatic heterocycles. The molecule has 0 spiro atoms. The zero-order valence-corrected chi connectivity index (χ0v) is 9.28. The van der Waals surface area contributed by atoms with Crippen LogP contribution in [-0.2, 0) is 11.0 Å². The van der Waals surface area contributed by atoms with E-state index in [1.54, 1.807) is 0 Å². The number of hydrogen-bond acceptors (Lipinski definition) is 4. The third-order valence-corrected chi connectivity index (χ3v) is 2.57. The van der Waals surface area contributed by atoms with Crippen molar-refractivity contribution in [1.82, 2.24) is 10.3 Å². The molecule has 0 saturated heterocycles. The van der Waals surface area contributed by atoms with E-state index < -0.39 is 17.0 Å². The summed E-state index contributed by atoms with van der Waals surface area (Å²) in [7, 11) is 0. The molecule has 92 valence electrons. The summed E-state index contributed by atoms with van der Waals surface area (Å²) in [6, 6.07) is 0. The number of nitrogens with one attached hydrogen (secondary N) is 2. The second-order valence-electron chi connectivity index (χ2n) is 2.86. The number of carbonyl (C=O) groups is 1. The van der Waals surface area contributed by atoms with Crippen LogP contribution in [0.25, 0.3) is 0 Å².